The zero-order chi connectivity index (χ0) is 24.4. The van der Waals surface area contributed by atoms with Crippen LogP contribution in [-0.4, -0.2) is 21.1 Å². The van der Waals surface area contributed by atoms with Crippen molar-refractivity contribution in [3.63, 3.8) is 0 Å². The van der Waals surface area contributed by atoms with Crippen molar-refractivity contribution >= 4 is 23.2 Å². The van der Waals surface area contributed by atoms with Crippen molar-refractivity contribution in [1.82, 2.24) is 20.4 Å². The minimum Gasteiger partial charge on any atom is -0.334 e. The van der Waals surface area contributed by atoms with E-state index in [1.165, 1.54) is 5.56 Å². The number of allylic oxidation sites excluding steroid dienone is 1. The molecule has 0 spiro atoms. The zero-order valence-electron chi connectivity index (χ0n) is 19.5. The number of carbonyl (C=O) groups excluding carboxylic acids is 1. The van der Waals surface area contributed by atoms with Crippen molar-refractivity contribution in [3.05, 3.63) is 112 Å². The second-order valence-corrected chi connectivity index (χ2v) is 8.91. The molecule has 3 aromatic carbocycles. The molecule has 1 aliphatic heterocycles. The summed E-state index contributed by atoms with van der Waals surface area (Å²) in [5.41, 5.74) is 5.56. The lowest BCUT2D eigenvalue weighted by molar-refractivity contribution is 0.203. The first-order valence-electron chi connectivity index (χ1n) is 11.5. The van der Waals surface area contributed by atoms with Gasteiger partial charge >= 0.3 is 6.03 Å². The first-order valence-corrected chi connectivity index (χ1v) is 11.9. The van der Waals surface area contributed by atoms with E-state index in [2.05, 4.69) is 29.5 Å². The molecule has 7 heteroatoms. The highest BCUT2D eigenvalue weighted by atomic mass is 35.5. The molecule has 1 unspecified atom stereocenters. The molecule has 1 aliphatic rings. The third kappa shape index (κ3) is 4.70. The smallest absolute Gasteiger partial charge is 0.322 e. The average molecular weight is 485 g/mol. The van der Waals surface area contributed by atoms with Gasteiger partial charge in [-0.15, -0.1) is 0 Å². The molecular weight excluding hydrogens is 460 g/mol. The molecule has 6 nitrogen and oxygen atoms in total. The lowest BCUT2D eigenvalue weighted by Crippen LogP contribution is -2.45. The maximum absolute atomic E-state index is 13.3. The van der Waals surface area contributed by atoms with Crippen LogP contribution in [0.4, 0.5) is 4.79 Å². The van der Waals surface area contributed by atoms with E-state index in [1.54, 1.807) is 17.0 Å². The number of aromatic nitrogens is 2. The van der Waals surface area contributed by atoms with Gasteiger partial charge in [0, 0.05) is 16.3 Å². The predicted octanol–water partition coefficient (Wildman–Crippen LogP) is 6.65. The number of benzene rings is 3. The van der Waals surface area contributed by atoms with Crippen LogP contribution >= 0.6 is 11.6 Å². The van der Waals surface area contributed by atoms with Gasteiger partial charge in [-0.05, 0) is 54.3 Å². The lowest BCUT2D eigenvalue weighted by atomic mass is 9.93. The van der Waals surface area contributed by atoms with E-state index >= 15 is 0 Å². The van der Waals surface area contributed by atoms with Gasteiger partial charge < -0.3 is 9.84 Å². The Morgan fingerprint density at radius 2 is 1.69 bits per heavy atom. The van der Waals surface area contributed by atoms with Crippen LogP contribution < -0.4 is 5.32 Å². The summed E-state index contributed by atoms with van der Waals surface area (Å²) in [7, 11) is 0. The summed E-state index contributed by atoms with van der Waals surface area (Å²) in [5.74, 6) is 0.832. The van der Waals surface area contributed by atoms with Gasteiger partial charge in [-0.25, -0.2) is 4.79 Å². The van der Waals surface area contributed by atoms with Crippen molar-refractivity contribution in [1.29, 1.82) is 0 Å². The highest BCUT2D eigenvalue weighted by Gasteiger charge is 2.35. The van der Waals surface area contributed by atoms with Crippen molar-refractivity contribution in [3.8, 4) is 11.4 Å². The lowest BCUT2D eigenvalue weighted by Gasteiger charge is -2.35. The van der Waals surface area contributed by atoms with Gasteiger partial charge in [0.1, 0.15) is 0 Å². The fourth-order valence-electron chi connectivity index (χ4n) is 4.26. The number of carbonyl (C=O) groups is 1. The second kappa shape index (κ2) is 9.76. The topological polar surface area (TPSA) is 71.3 Å². The number of aryl methyl sites for hydroxylation is 1. The van der Waals surface area contributed by atoms with Crippen molar-refractivity contribution in [2.24, 2.45) is 0 Å². The Morgan fingerprint density at radius 3 is 2.37 bits per heavy atom. The number of hydrogen-bond donors (Lipinski definition) is 1. The van der Waals surface area contributed by atoms with E-state index in [0.29, 0.717) is 23.3 Å². The SMILES string of the molecule is CCc1ccc(C2NC(=O)N(Cc3ccccc3)C(C)=C2c2nc(-c3ccc(Cl)cc3)no2)cc1. The summed E-state index contributed by atoms with van der Waals surface area (Å²) in [6, 6.07) is 24.8. The van der Waals surface area contributed by atoms with E-state index < -0.39 is 6.04 Å². The summed E-state index contributed by atoms with van der Waals surface area (Å²) in [4.78, 5) is 19.7. The molecule has 176 valence electrons. The third-order valence-corrected chi connectivity index (χ3v) is 6.51. The average Bonchev–Trinajstić information content (AvgIpc) is 3.37. The first kappa shape index (κ1) is 22.9. The van der Waals surface area contributed by atoms with Crippen LogP contribution in [0.3, 0.4) is 0 Å². The number of halogens is 1. The van der Waals surface area contributed by atoms with Crippen LogP contribution in [0.2, 0.25) is 5.02 Å². The maximum Gasteiger partial charge on any atom is 0.322 e. The predicted molar refractivity (Wildman–Crippen MR) is 136 cm³/mol. The summed E-state index contributed by atoms with van der Waals surface area (Å²) < 4.78 is 5.76. The first-order chi connectivity index (χ1) is 17.0. The Labute approximate surface area is 209 Å². The van der Waals surface area contributed by atoms with Gasteiger partial charge in [0.2, 0.25) is 5.82 Å². The van der Waals surface area contributed by atoms with Gasteiger partial charge in [0.05, 0.1) is 18.2 Å². The van der Waals surface area contributed by atoms with E-state index in [0.717, 1.165) is 34.4 Å². The van der Waals surface area contributed by atoms with Gasteiger partial charge in [-0.3, -0.25) is 4.90 Å². The molecule has 5 rings (SSSR count). The highest BCUT2D eigenvalue weighted by molar-refractivity contribution is 6.30. The van der Waals surface area contributed by atoms with Crippen LogP contribution in [0.15, 0.2) is 89.1 Å². The van der Waals surface area contributed by atoms with Crippen LogP contribution in [0.1, 0.15) is 42.5 Å². The fourth-order valence-corrected chi connectivity index (χ4v) is 4.39. The maximum atomic E-state index is 13.3. The summed E-state index contributed by atoms with van der Waals surface area (Å²) in [6.45, 7) is 4.48. The van der Waals surface area contributed by atoms with Crippen molar-refractivity contribution < 1.29 is 9.32 Å². The second-order valence-electron chi connectivity index (χ2n) is 8.48. The van der Waals surface area contributed by atoms with Crippen molar-refractivity contribution in [2.45, 2.75) is 32.9 Å². The molecule has 0 fully saturated rings. The number of amides is 2. The van der Waals surface area contributed by atoms with Gasteiger partial charge in [-0.2, -0.15) is 4.98 Å². The molecule has 0 saturated carbocycles. The molecule has 2 amide bonds. The number of rotatable bonds is 6. The monoisotopic (exact) mass is 484 g/mol. The Bertz CT molecular complexity index is 1360. The van der Waals surface area contributed by atoms with E-state index in [9.17, 15) is 4.79 Å². The van der Waals surface area contributed by atoms with E-state index in [4.69, 9.17) is 21.1 Å². The summed E-state index contributed by atoms with van der Waals surface area (Å²) in [6.07, 6.45) is 0.942. The van der Waals surface area contributed by atoms with E-state index in [1.807, 2.05) is 61.5 Å². The fraction of sp³-hybridized carbons (Fsp3) is 0.179. The molecule has 4 aromatic rings. The number of hydrogen-bond acceptors (Lipinski definition) is 4. The summed E-state index contributed by atoms with van der Waals surface area (Å²) >= 11 is 6.03. The third-order valence-electron chi connectivity index (χ3n) is 6.26. The highest BCUT2D eigenvalue weighted by Crippen LogP contribution is 2.38. The Balaban J connectivity index is 1.58. The van der Waals surface area contributed by atoms with Gasteiger partial charge in [0.25, 0.3) is 5.89 Å². The number of nitrogens with one attached hydrogen (secondary N) is 1. The molecular formula is C28H25ClN4O2. The molecule has 0 radical (unpaired) electrons. The van der Waals surface area contributed by atoms with E-state index in [-0.39, 0.29) is 6.03 Å². The Kier molecular flexibility index (Phi) is 6.38. The molecule has 1 atom stereocenters. The molecule has 0 aliphatic carbocycles. The van der Waals surface area contributed by atoms with Gasteiger partial charge in [0.15, 0.2) is 0 Å². The standard InChI is InChI=1S/C28H25ClN4O2/c1-3-19-9-11-21(12-10-19)25-24(27-31-26(32-35-27)22-13-15-23(29)16-14-22)18(2)33(28(34)30-25)17-20-7-5-4-6-8-20/h4-16,25H,3,17H2,1-2H3,(H,30,34). The molecule has 1 aromatic heterocycles. The minimum absolute atomic E-state index is 0.169. The van der Waals surface area contributed by atoms with Crippen LogP contribution in [0, 0.1) is 0 Å². The minimum atomic E-state index is -0.418. The molecule has 0 bridgehead atoms. The molecule has 1 N–H and O–H groups in total. The molecule has 2 heterocycles. The molecule has 0 saturated heterocycles. The van der Waals surface area contributed by atoms with Crippen LogP contribution in [0.5, 0.6) is 0 Å². The summed E-state index contributed by atoms with van der Waals surface area (Å²) in [5, 5.41) is 8.01. The normalized spacial score (nSPS) is 15.9. The zero-order valence-corrected chi connectivity index (χ0v) is 20.3. The Hall–Kier alpha value is -3.90. The number of nitrogens with zero attached hydrogens (tertiary/aromatic N) is 3. The van der Waals surface area contributed by atoms with Crippen LogP contribution in [-0.2, 0) is 13.0 Å². The van der Waals surface area contributed by atoms with Gasteiger partial charge in [-0.1, -0.05) is 78.3 Å². The largest absolute Gasteiger partial charge is 0.334 e. The Morgan fingerprint density at radius 1 is 0.971 bits per heavy atom. The quantitative estimate of drug-likeness (QED) is 0.332. The van der Waals surface area contributed by atoms with Crippen LogP contribution in [0.25, 0.3) is 17.0 Å². The molecule has 35 heavy (non-hydrogen) atoms. The number of urea groups is 1. The van der Waals surface area contributed by atoms with Crippen molar-refractivity contribution in [2.75, 3.05) is 0 Å².